The van der Waals surface area contributed by atoms with Crippen molar-refractivity contribution in [1.29, 1.82) is 0 Å². The lowest BCUT2D eigenvalue weighted by Crippen LogP contribution is -2.18. The number of aromatic amines is 2. The minimum Gasteiger partial charge on any atom is -0.339 e. The number of carbonyl (C=O) groups excluding carboxylic acids is 1. The highest BCUT2D eigenvalue weighted by atomic mass is 35.5. The quantitative estimate of drug-likeness (QED) is 0.666. The number of halogens is 1. The van der Waals surface area contributed by atoms with Crippen LogP contribution in [0.4, 0.5) is 5.95 Å². The second-order valence-corrected chi connectivity index (χ2v) is 4.41. The van der Waals surface area contributed by atoms with Crippen LogP contribution in [-0.2, 0) is 0 Å². The first-order chi connectivity index (χ1) is 9.63. The largest absolute Gasteiger partial charge is 0.339 e. The molecule has 3 N–H and O–H groups in total. The molecule has 0 spiro atoms. The first-order valence-corrected chi connectivity index (χ1v) is 6.01. The summed E-state index contributed by atoms with van der Waals surface area (Å²) in [5.74, 6) is -0.366. The minimum absolute atomic E-state index is 0.0366. The topological polar surface area (TPSA) is 104 Å². The van der Waals surface area contributed by atoms with Crippen molar-refractivity contribution in [3.8, 4) is 0 Å². The van der Waals surface area contributed by atoms with E-state index in [0.29, 0.717) is 10.6 Å². The van der Waals surface area contributed by atoms with Gasteiger partial charge in [0.2, 0.25) is 5.95 Å². The molecule has 0 aliphatic carbocycles. The Bertz CT molecular complexity index is 837. The van der Waals surface area contributed by atoms with Crippen molar-refractivity contribution in [1.82, 2.24) is 19.9 Å². The minimum atomic E-state index is -0.404. The zero-order valence-corrected chi connectivity index (χ0v) is 10.7. The van der Waals surface area contributed by atoms with Gasteiger partial charge in [0.25, 0.3) is 11.5 Å². The summed E-state index contributed by atoms with van der Waals surface area (Å²) in [5.41, 5.74) is 0.493. The highest BCUT2D eigenvalue weighted by Crippen LogP contribution is 2.11. The van der Waals surface area contributed by atoms with Crippen LogP contribution in [0.3, 0.4) is 0 Å². The maximum atomic E-state index is 12.0. The summed E-state index contributed by atoms with van der Waals surface area (Å²) in [6.45, 7) is 0. The molecule has 0 aliphatic rings. The lowest BCUT2D eigenvalue weighted by molar-refractivity contribution is 0.102. The molecule has 1 aromatic carbocycles. The SMILES string of the molecule is O=C(Nc1nc2nc[nH]c2c(=O)[nH]1)c1ccc(Cl)cc1. The van der Waals surface area contributed by atoms with E-state index in [1.54, 1.807) is 24.3 Å². The standard InChI is InChI=1S/C12H8ClN5O2/c13-7-3-1-6(2-4-7)10(19)17-12-16-9-8(11(20)18-12)14-5-15-9/h1-5H,(H3,14,15,16,17,18,19,20). The van der Waals surface area contributed by atoms with Gasteiger partial charge in [0, 0.05) is 10.6 Å². The number of hydrogen-bond acceptors (Lipinski definition) is 4. The Labute approximate surface area is 117 Å². The summed E-state index contributed by atoms with van der Waals surface area (Å²) in [7, 11) is 0. The highest BCUT2D eigenvalue weighted by molar-refractivity contribution is 6.30. The Morgan fingerprint density at radius 3 is 2.75 bits per heavy atom. The maximum absolute atomic E-state index is 12.0. The molecule has 3 rings (SSSR count). The van der Waals surface area contributed by atoms with Crippen LogP contribution in [-0.4, -0.2) is 25.8 Å². The Kier molecular flexibility index (Phi) is 2.96. The number of carbonyl (C=O) groups is 1. The molecule has 100 valence electrons. The van der Waals surface area contributed by atoms with Crippen LogP contribution in [0.15, 0.2) is 35.4 Å². The van der Waals surface area contributed by atoms with Crippen molar-refractivity contribution in [2.24, 2.45) is 0 Å². The van der Waals surface area contributed by atoms with E-state index in [0.717, 1.165) is 0 Å². The second kappa shape index (κ2) is 4.78. The number of rotatable bonds is 2. The fraction of sp³-hybridized carbons (Fsp3) is 0. The lowest BCUT2D eigenvalue weighted by atomic mass is 10.2. The average Bonchev–Trinajstić information content (AvgIpc) is 2.88. The van der Waals surface area contributed by atoms with Crippen LogP contribution < -0.4 is 10.9 Å². The van der Waals surface area contributed by atoms with Crippen molar-refractivity contribution in [3.63, 3.8) is 0 Å². The van der Waals surface area contributed by atoms with Crippen molar-refractivity contribution in [2.45, 2.75) is 0 Å². The maximum Gasteiger partial charge on any atom is 0.278 e. The molecular formula is C12H8ClN5O2. The predicted octanol–water partition coefficient (Wildman–Crippen LogP) is 1.55. The van der Waals surface area contributed by atoms with Gasteiger partial charge in [-0.3, -0.25) is 19.9 Å². The van der Waals surface area contributed by atoms with Crippen LogP contribution in [0.2, 0.25) is 5.02 Å². The average molecular weight is 290 g/mol. The molecule has 0 saturated carbocycles. The third kappa shape index (κ3) is 2.26. The van der Waals surface area contributed by atoms with E-state index in [4.69, 9.17) is 11.6 Å². The molecule has 0 atom stereocenters. The summed E-state index contributed by atoms with van der Waals surface area (Å²) in [4.78, 5) is 36.7. The molecule has 0 saturated heterocycles. The van der Waals surface area contributed by atoms with Gasteiger partial charge in [0.15, 0.2) is 11.2 Å². The number of anilines is 1. The van der Waals surface area contributed by atoms with E-state index in [-0.39, 0.29) is 17.1 Å². The molecular weight excluding hydrogens is 282 g/mol. The summed E-state index contributed by atoms with van der Waals surface area (Å²) >= 11 is 5.75. The molecule has 1 amide bonds. The first-order valence-electron chi connectivity index (χ1n) is 5.64. The van der Waals surface area contributed by atoms with Gasteiger partial charge >= 0.3 is 0 Å². The van der Waals surface area contributed by atoms with Crippen LogP contribution in [0.5, 0.6) is 0 Å². The Hall–Kier alpha value is -2.67. The fourth-order valence-corrected chi connectivity index (χ4v) is 1.81. The van der Waals surface area contributed by atoms with E-state index in [9.17, 15) is 9.59 Å². The number of nitrogens with one attached hydrogen (secondary N) is 3. The molecule has 2 heterocycles. The zero-order valence-electron chi connectivity index (χ0n) is 9.98. The van der Waals surface area contributed by atoms with Crippen LogP contribution >= 0.6 is 11.6 Å². The molecule has 0 aliphatic heterocycles. The van der Waals surface area contributed by atoms with Crippen LogP contribution in [0.25, 0.3) is 11.2 Å². The van der Waals surface area contributed by atoms with E-state index in [2.05, 4.69) is 25.3 Å². The number of benzene rings is 1. The number of hydrogen-bond donors (Lipinski definition) is 3. The molecule has 8 heteroatoms. The predicted molar refractivity (Wildman–Crippen MR) is 73.9 cm³/mol. The van der Waals surface area contributed by atoms with E-state index < -0.39 is 11.5 Å². The van der Waals surface area contributed by atoms with Gasteiger partial charge in [0.1, 0.15) is 0 Å². The third-order valence-corrected chi connectivity index (χ3v) is 2.89. The summed E-state index contributed by atoms with van der Waals surface area (Å²) in [6, 6.07) is 6.35. The van der Waals surface area contributed by atoms with Gasteiger partial charge < -0.3 is 4.98 Å². The molecule has 0 bridgehead atoms. The summed E-state index contributed by atoms with van der Waals surface area (Å²) in [6.07, 6.45) is 1.36. The molecule has 7 nitrogen and oxygen atoms in total. The number of aromatic nitrogens is 4. The number of H-pyrrole nitrogens is 2. The summed E-state index contributed by atoms with van der Waals surface area (Å²) < 4.78 is 0. The highest BCUT2D eigenvalue weighted by Gasteiger charge is 2.10. The van der Waals surface area contributed by atoms with E-state index in [1.807, 2.05) is 0 Å². The second-order valence-electron chi connectivity index (χ2n) is 3.98. The Morgan fingerprint density at radius 2 is 2.00 bits per heavy atom. The zero-order chi connectivity index (χ0) is 14.1. The number of fused-ring (bicyclic) bond motifs is 1. The van der Waals surface area contributed by atoms with Gasteiger partial charge in [-0.05, 0) is 24.3 Å². The Morgan fingerprint density at radius 1 is 1.25 bits per heavy atom. The van der Waals surface area contributed by atoms with Crippen molar-refractivity contribution in [3.05, 3.63) is 51.5 Å². The third-order valence-electron chi connectivity index (χ3n) is 2.63. The normalized spacial score (nSPS) is 10.7. The van der Waals surface area contributed by atoms with Gasteiger partial charge in [-0.25, -0.2) is 4.98 Å². The molecule has 20 heavy (non-hydrogen) atoms. The fourth-order valence-electron chi connectivity index (χ4n) is 1.68. The monoisotopic (exact) mass is 289 g/mol. The lowest BCUT2D eigenvalue weighted by Gasteiger charge is -2.03. The number of nitrogens with zero attached hydrogens (tertiary/aromatic N) is 2. The van der Waals surface area contributed by atoms with Gasteiger partial charge in [-0.1, -0.05) is 11.6 Å². The van der Waals surface area contributed by atoms with Gasteiger partial charge in [-0.15, -0.1) is 0 Å². The van der Waals surface area contributed by atoms with Crippen LogP contribution in [0, 0.1) is 0 Å². The molecule has 2 aromatic heterocycles. The molecule has 0 radical (unpaired) electrons. The Balaban J connectivity index is 1.90. The van der Waals surface area contributed by atoms with E-state index in [1.165, 1.54) is 6.33 Å². The van der Waals surface area contributed by atoms with Crippen molar-refractivity contribution in [2.75, 3.05) is 5.32 Å². The van der Waals surface area contributed by atoms with Crippen molar-refractivity contribution < 1.29 is 4.79 Å². The molecule has 0 fully saturated rings. The molecule has 3 aromatic rings. The first kappa shape index (κ1) is 12.4. The van der Waals surface area contributed by atoms with Gasteiger partial charge in [0.05, 0.1) is 6.33 Å². The number of amides is 1. The smallest absolute Gasteiger partial charge is 0.278 e. The number of imidazole rings is 1. The van der Waals surface area contributed by atoms with E-state index >= 15 is 0 Å². The van der Waals surface area contributed by atoms with Gasteiger partial charge in [-0.2, -0.15) is 4.98 Å². The summed E-state index contributed by atoms with van der Waals surface area (Å²) in [5, 5.41) is 3.03. The van der Waals surface area contributed by atoms with Crippen LogP contribution in [0.1, 0.15) is 10.4 Å². The van der Waals surface area contributed by atoms with Crippen molar-refractivity contribution >= 4 is 34.6 Å². The molecule has 0 unspecified atom stereocenters.